The number of hydrogen-bond donors (Lipinski definition) is 0. The second-order valence-corrected chi connectivity index (χ2v) is 4.75. The molecule has 0 spiro atoms. The fraction of sp³-hybridized carbons (Fsp3) is 1.00. The average molecular weight is 153 g/mol. The van der Waals surface area contributed by atoms with Crippen LogP contribution in [0.3, 0.4) is 0 Å². The van der Waals surface area contributed by atoms with Gasteiger partial charge in [-0.1, -0.05) is 20.3 Å². The zero-order chi connectivity index (χ0) is 7.90. The van der Waals surface area contributed by atoms with E-state index in [-0.39, 0.29) is 0 Å². The maximum atomic E-state index is 2.65. The third kappa shape index (κ3) is 1.20. The molecule has 0 radical (unpaired) electrons. The summed E-state index contributed by atoms with van der Waals surface area (Å²) in [5, 5.41) is 0. The lowest BCUT2D eigenvalue weighted by molar-refractivity contribution is 0.247. The van der Waals surface area contributed by atoms with Crippen LogP contribution in [-0.4, -0.2) is 24.5 Å². The van der Waals surface area contributed by atoms with E-state index in [9.17, 15) is 0 Å². The molecule has 0 aromatic rings. The van der Waals surface area contributed by atoms with Crippen molar-refractivity contribution in [1.29, 1.82) is 0 Å². The highest BCUT2D eigenvalue weighted by Crippen LogP contribution is 2.41. The molecule has 1 nitrogen and oxygen atoms in total. The van der Waals surface area contributed by atoms with Crippen LogP contribution in [-0.2, 0) is 0 Å². The minimum absolute atomic E-state index is 0.663. The highest BCUT2D eigenvalue weighted by molar-refractivity contribution is 4.93. The summed E-state index contributed by atoms with van der Waals surface area (Å²) in [4.78, 5) is 2.65. The van der Waals surface area contributed by atoms with Crippen molar-refractivity contribution in [1.82, 2.24) is 4.90 Å². The third-order valence-electron chi connectivity index (χ3n) is 3.78. The van der Waals surface area contributed by atoms with Crippen molar-refractivity contribution in [2.24, 2.45) is 11.3 Å². The number of nitrogens with zero attached hydrogens (tertiary/aromatic N) is 1. The van der Waals surface area contributed by atoms with Gasteiger partial charge in [0.1, 0.15) is 0 Å². The van der Waals surface area contributed by atoms with Gasteiger partial charge in [-0.15, -0.1) is 0 Å². The molecule has 0 aromatic carbocycles. The highest BCUT2D eigenvalue weighted by Gasteiger charge is 2.40. The average Bonchev–Trinajstić information content (AvgIpc) is 2.18. The molecule has 64 valence electrons. The van der Waals surface area contributed by atoms with E-state index in [1.54, 1.807) is 0 Å². The van der Waals surface area contributed by atoms with Crippen LogP contribution in [0.15, 0.2) is 0 Å². The van der Waals surface area contributed by atoms with Crippen LogP contribution in [0.1, 0.15) is 33.1 Å². The summed E-state index contributed by atoms with van der Waals surface area (Å²) in [6, 6.07) is 0. The lowest BCUT2D eigenvalue weighted by Gasteiger charge is -2.27. The smallest absolute Gasteiger partial charge is 0.00385 e. The van der Waals surface area contributed by atoms with Gasteiger partial charge in [0, 0.05) is 13.1 Å². The summed E-state index contributed by atoms with van der Waals surface area (Å²) in [7, 11) is 0. The quantitative estimate of drug-likeness (QED) is 0.515. The first-order valence-corrected chi connectivity index (χ1v) is 4.93. The normalized spacial score (nSPS) is 50.7. The molecule has 2 fully saturated rings. The summed E-state index contributed by atoms with van der Waals surface area (Å²) < 4.78 is 0. The molecule has 2 rings (SSSR count). The first kappa shape index (κ1) is 7.60. The van der Waals surface area contributed by atoms with Gasteiger partial charge in [0.25, 0.3) is 0 Å². The molecule has 2 saturated heterocycles. The summed E-state index contributed by atoms with van der Waals surface area (Å²) in [5.74, 6) is 0.933. The molecular weight excluding hydrogens is 134 g/mol. The van der Waals surface area contributed by atoms with Crippen molar-refractivity contribution in [3.05, 3.63) is 0 Å². The predicted molar refractivity (Wildman–Crippen MR) is 47.6 cm³/mol. The lowest BCUT2D eigenvalue weighted by Crippen LogP contribution is -2.23. The van der Waals surface area contributed by atoms with Crippen molar-refractivity contribution in [3.8, 4) is 0 Å². The van der Waals surface area contributed by atoms with Crippen LogP contribution in [0, 0.1) is 11.3 Å². The molecule has 0 N–H and O–H groups in total. The zero-order valence-corrected chi connectivity index (χ0v) is 7.77. The van der Waals surface area contributed by atoms with E-state index in [2.05, 4.69) is 18.7 Å². The maximum Gasteiger partial charge on any atom is 0.00385 e. The first-order valence-electron chi connectivity index (χ1n) is 4.93. The Labute approximate surface area is 69.8 Å². The molecular formula is C10H19N. The van der Waals surface area contributed by atoms with Gasteiger partial charge in [0.2, 0.25) is 0 Å². The molecule has 0 aromatic heterocycles. The SMILES string of the molecule is CC1CN2CCCC[C@@]1(C)C2. The van der Waals surface area contributed by atoms with Crippen molar-refractivity contribution in [2.45, 2.75) is 33.1 Å². The van der Waals surface area contributed by atoms with E-state index in [0.717, 1.165) is 5.92 Å². The van der Waals surface area contributed by atoms with Gasteiger partial charge >= 0.3 is 0 Å². The zero-order valence-electron chi connectivity index (χ0n) is 7.77. The van der Waals surface area contributed by atoms with Gasteiger partial charge in [-0.2, -0.15) is 0 Å². The molecule has 0 aliphatic carbocycles. The molecule has 3 atom stereocenters. The van der Waals surface area contributed by atoms with Gasteiger partial charge in [0.15, 0.2) is 0 Å². The maximum absolute atomic E-state index is 2.65. The fourth-order valence-corrected chi connectivity index (χ4v) is 2.70. The Balaban J connectivity index is 2.15. The van der Waals surface area contributed by atoms with Gasteiger partial charge < -0.3 is 4.90 Å². The molecule has 11 heavy (non-hydrogen) atoms. The van der Waals surface area contributed by atoms with Gasteiger partial charge in [-0.3, -0.25) is 0 Å². The van der Waals surface area contributed by atoms with Crippen LogP contribution in [0.5, 0.6) is 0 Å². The van der Waals surface area contributed by atoms with E-state index in [0.29, 0.717) is 5.41 Å². The van der Waals surface area contributed by atoms with E-state index in [1.807, 2.05) is 0 Å². The van der Waals surface area contributed by atoms with Crippen LogP contribution in [0.4, 0.5) is 0 Å². The molecule has 2 heterocycles. The van der Waals surface area contributed by atoms with Crippen molar-refractivity contribution >= 4 is 0 Å². The summed E-state index contributed by atoms with van der Waals surface area (Å²) in [5.41, 5.74) is 0.663. The van der Waals surface area contributed by atoms with Crippen LogP contribution >= 0.6 is 0 Å². The topological polar surface area (TPSA) is 3.24 Å². The third-order valence-corrected chi connectivity index (χ3v) is 3.78. The molecule has 2 aliphatic heterocycles. The van der Waals surface area contributed by atoms with Crippen molar-refractivity contribution < 1.29 is 0 Å². The molecule has 0 saturated carbocycles. The first-order chi connectivity index (χ1) is 5.21. The Bertz CT molecular complexity index is 155. The van der Waals surface area contributed by atoms with Gasteiger partial charge in [-0.25, -0.2) is 0 Å². The number of fused-ring (bicyclic) bond motifs is 2. The largest absolute Gasteiger partial charge is 0.302 e. The molecule has 1 heteroatoms. The van der Waals surface area contributed by atoms with Gasteiger partial charge in [-0.05, 0) is 30.7 Å². The van der Waals surface area contributed by atoms with Crippen molar-refractivity contribution in [2.75, 3.05) is 19.6 Å². The lowest BCUT2D eigenvalue weighted by atomic mass is 9.77. The summed E-state index contributed by atoms with van der Waals surface area (Å²) in [6.07, 6.45) is 4.35. The Morgan fingerprint density at radius 3 is 3.00 bits per heavy atom. The second kappa shape index (κ2) is 2.48. The number of hydrogen-bond acceptors (Lipinski definition) is 1. The highest BCUT2D eigenvalue weighted by atomic mass is 15.2. The predicted octanol–water partition coefficient (Wildman–Crippen LogP) is 2.13. The minimum atomic E-state index is 0.663. The molecule has 0 amide bonds. The van der Waals surface area contributed by atoms with Crippen LogP contribution < -0.4 is 0 Å². The van der Waals surface area contributed by atoms with Crippen LogP contribution in [0.25, 0.3) is 0 Å². The molecule has 2 aliphatic rings. The van der Waals surface area contributed by atoms with E-state index in [1.165, 1.54) is 38.9 Å². The minimum Gasteiger partial charge on any atom is -0.302 e. The van der Waals surface area contributed by atoms with E-state index >= 15 is 0 Å². The van der Waals surface area contributed by atoms with Crippen LogP contribution in [0.2, 0.25) is 0 Å². The number of rotatable bonds is 0. The second-order valence-electron chi connectivity index (χ2n) is 4.75. The monoisotopic (exact) mass is 153 g/mol. The summed E-state index contributed by atoms with van der Waals surface area (Å²) >= 11 is 0. The standard InChI is InChI=1S/C10H19N/c1-9-7-11-6-4-3-5-10(9,2)8-11/h9H,3-8H2,1-2H3/t9?,10-/m0/s1. The van der Waals surface area contributed by atoms with Crippen molar-refractivity contribution in [3.63, 3.8) is 0 Å². The van der Waals surface area contributed by atoms with Gasteiger partial charge in [0.05, 0.1) is 0 Å². The van der Waals surface area contributed by atoms with E-state index in [4.69, 9.17) is 0 Å². The summed E-state index contributed by atoms with van der Waals surface area (Å²) in [6.45, 7) is 8.99. The Morgan fingerprint density at radius 1 is 1.36 bits per heavy atom. The molecule has 2 unspecified atom stereocenters. The Kier molecular flexibility index (Phi) is 1.71. The Hall–Kier alpha value is -0.0400. The Morgan fingerprint density at radius 2 is 2.18 bits per heavy atom. The molecule has 2 bridgehead atoms. The fourth-order valence-electron chi connectivity index (χ4n) is 2.70. The van der Waals surface area contributed by atoms with E-state index < -0.39 is 0 Å².